The van der Waals surface area contributed by atoms with E-state index in [2.05, 4.69) is 105 Å². The minimum absolute atomic E-state index is 0.00592. The van der Waals surface area contributed by atoms with Crippen LogP contribution < -0.4 is 5.32 Å². The van der Waals surface area contributed by atoms with Gasteiger partial charge < -0.3 is 44.6 Å². The van der Waals surface area contributed by atoms with Gasteiger partial charge in [-0.1, -0.05) is 86.3 Å². The SMILES string of the molecule is CNCCC1(C)C(=O)C2c3cc[nH]c3C3CCC2(C3)C2(C)C1CCC1(C)C2C(O)C2Cn3cc(C4C(=O)C(CCC(C)C)Cc5c4cc(C4CCCCC4)cc5C4(O)CCOCC4)c4[nH]cc(c43)CCC(C)(CC(O)C3OC3(C)C)C3=C2C1(C)CC3=O. The molecule has 2 saturated heterocycles. The van der Waals surface area contributed by atoms with Crippen molar-refractivity contribution in [2.24, 2.45) is 62.1 Å². The number of ether oxygens (including phenoxy) is 2. The lowest BCUT2D eigenvalue weighted by molar-refractivity contribution is -0.267. The largest absolute Gasteiger partial charge is 0.392 e. The number of nitrogens with zero attached hydrogens (tertiary/aromatic N) is 1. The zero-order chi connectivity index (χ0) is 60.9. The van der Waals surface area contributed by atoms with Crippen LogP contribution in [-0.2, 0) is 48.8 Å². The molecule has 1 spiro atoms. The number of aromatic amines is 2. The first-order valence-corrected chi connectivity index (χ1v) is 34.8. The van der Waals surface area contributed by atoms with Gasteiger partial charge in [-0.15, -0.1) is 0 Å². The topological polar surface area (TPSA) is 182 Å². The minimum atomic E-state index is -1.06. The maximum absolute atomic E-state index is 16.2. The van der Waals surface area contributed by atoms with Crippen molar-refractivity contribution in [3.63, 3.8) is 0 Å². The number of allylic oxidation sites excluding steroid dienone is 1. The van der Waals surface area contributed by atoms with Crippen LogP contribution in [0.3, 0.4) is 0 Å². The number of aliphatic hydroxyl groups excluding tert-OH is 2. The maximum atomic E-state index is 16.2. The molecule has 4 aromatic rings. The van der Waals surface area contributed by atoms with Crippen LogP contribution in [0.2, 0.25) is 0 Å². The van der Waals surface area contributed by atoms with Crippen LogP contribution in [-0.4, -0.2) is 97.9 Å². The van der Waals surface area contributed by atoms with Gasteiger partial charge in [0.25, 0.3) is 0 Å². The molecule has 11 aliphatic rings. The summed E-state index contributed by atoms with van der Waals surface area (Å²) in [7, 11) is 2.00. The summed E-state index contributed by atoms with van der Waals surface area (Å²) in [5.41, 5.74) is 7.81. The lowest BCUT2D eigenvalue weighted by Crippen LogP contribution is -2.74. The van der Waals surface area contributed by atoms with Gasteiger partial charge in [-0.05, 0) is 207 Å². The number of epoxide rings is 1. The molecule has 8 aliphatic carbocycles. The Bertz CT molecular complexity index is 3500. The van der Waals surface area contributed by atoms with E-state index in [0.29, 0.717) is 94.7 Å². The van der Waals surface area contributed by atoms with Gasteiger partial charge in [-0.25, -0.2) is 0 Å². The number of nitrogens with one attached hydrogen (secondary N) is 3. The molecule has 2 bridgehead atoms. The Balaban J connectivity index is 0.946. The Kier molecular flexibility index (Phi) is 13.7. The third-order valence-corrected chi connectivity index (χ3v) is 28.1. The van der Waals surface area contributed by atoms with Gasteiger partial charge in [0.2, 0.25) is 0 Å². The van der Waals surface area contributed by atoms with E-state index in [1.54, 1.807) is 0 Å². The number of Topliss-reactive ketones (excluding diaryl/α,β-unsaturated/α-hetero) is 3. The molecule has 15 rings (SSSR count). The van der Waals surface area contributed by atoms with E-state index in [0.717, 1.165) is 114 Å². The molecule has 5 saturated carbocycles. The molecule has 16 atom stereocenters. The van der Waals surface area contributed by atoms with E-state index in [-0.39, 0.29) is 41.3 Å². The molecule has 0 radical (unpaired) electrons. The number of ketones is 3. The molecule has 0 amide bonds. The van der Waals surface area contributed by atoms with Crippen LogP contribution in [0.5, 0.6) is 0 Å². The summed E-state index contributed by atoms with van der Waals surface area (Å²) in [6.45, 7) is 22.7. The number of carbonyl (C=O) groups is 3. The predicted molar refractivity (Wildman–Crippen MR) is 338 cm³/mol. The third-order valence-electron chi connectivity index (χ3n) is 28.1. The second kappa shape index (κ2) is 20.2. The van der Waals surface area contributed by atoms with Crippen molar-refractivity contribution in [3.05, 3.63) is 92.6 Å². The first kappa shape index (κ1) is 59.2. The number of hydrogen-bond acceptors (Lipinski definition) is 9. The minimum Gasteiger partial charge on any atom is -0.392 e. The van der Waals surface area contributed by atoms with E-state index in [9.17, 15) is 15.3 Å². The molecule has 1 aromatic carbocycles. The van der Waals surface area contributed by atoms with Crippen LogP contribution in [0, 0.1) is 62.1 Å². The van der Waals surface area contributed by atoms with Gasteiger partial charge in [0.15, 0.2) is 5.78 Å². The Morgan fingerprint density at radius 1 is 0.885 bits per heavy atom. The number of H-pyrrole nitrogens is 2. The summed E-state index contributed by atoms with van der Waals surface area (Å²) in [6.07, 6.45) is 20.7. The number of aliphatic hydroxyl groups is 3. The number of hydrogen-bond donors (Lipinski definition) is 6. The molecule has 6 heterocycles. The van der Waals surface area contributed by atoms with E-state index in [4.69, 9.17) is 9.47 Å². The molecule has 470 valence electrons. The summed E-state index contributed by atoms with van der Waals surface area (Å²) in [4.78, 5) is 56.0. The molecule has 3 aromatic heterocycles. The number of rotatable bonds is 12. The third kappa shape index (κ3) is 8.16. The highest BCUT2D eigenvalue weighted by Gasteiger charge is 2.80. The first-order valence-electron chi connectivity index (χ1n) is 34.8. The second-order valence-electron chi connectivity index (χ2n) is 33.2. The summed E-state index contributed by atoms with van der Waals surface area (Å²) in [6, 6.07) is 6.99. The number of benzene rings is 1. The highest BCUT2D eigenvalue weighted by molar-refractivity contribution is 6.02. The van der Waals surface area contributed by atoms with Crippen LogP contribution >= 0.6 is 0 Å². The van der Waals surface area contributed by atoms with E-state index < -0.39 is 67.7 Å². The van der Waals surface area contributed by atoms with Crippen LogP contribution in [0.1, 0.15) is 246 Å². The molecule has 6 N–H and O–H groups in total. The standard InChI is InChI=1S/C75H102N4O8/c1-41(2)16-17-43-32-48-49(33-46(42-14-12-11-13-15-42)34-52(48)75(85)26-30-86-31-27-75)56(63(43)82)50-39-79-40-51-57-59(69(5,36-54(81)67-68(3,4)87-67)22-18-45-38-78-61(50)62(45)79)53(80)37-72(57,8)71(7)23-20-55-70(6,25-29-76-10)66(84)58-47-21-28-77-60(47)44-19-24-74(58,35-44)73(55,9)65(71)64(51)83/h21,28,33-34,38-39,41-44,51,54-56,58,64-65,67,76-78,81,83,85H,11-20,22-27,29-32,35-37,40H2,1-10H3. The maximum Gasteiger partial charge on any atom is 0.160 e. The van der Waals surface area contributed by atoms with Crippen molar-refractivity contribution >= 4 is 28.4 Å². The summed E-state index contributed by atoms with van der Waals surface area (Å²) in [5, 5.41) is 43.7. The molecule has 12 heteroatoms. The van der Waals surface area contributed by atoms with Crippen molar-refractivity contribution in [1.29, 1.82) is 0 Å². The normalized spacial score (nSPS) is 40.4. The smallest absolute Gasteiger partial charge is 0.160 e. The van der Waals surface area contributed by atoms with Crippen molar-refractivity contribution in [2.45, 2.75) is 250 Å². The van der Waals surface area contributed by atoms with Crippen molar-refractivity contribution in [2.75, 3.05) is 26.8 Å². The highest BCUT2D eigenvalue weighted by atomic mass is 16.6. The van der Waals surface area contributed by atoms with Gasteiger partial charge in [0, 0.05) is 97.1 Å². The predicted octanol–water partition coefficient (Wildman–Crippen LogP) is 13.1. The van der Waals surface area contributed by atoms with Crippen LogP contribution in [0.4, 0.5) is 0 Å². The Hall–Kier alpha value is -4.17. The first-order chi connectivity index (χ1) is 41.4. The van der Waals surface area contributed by atoms with Crippen molar-refractivity contribution < 1.29 is 39.2 Å². The highest BCUT2D eigenvalue weighted by Crippen LogP contribution is 2.84. The van der Waals surface area contributed by atoms with Crippen molar-refractivity contribution in [1.82, 2.24) is 19.9 Å². The molecule has 3 aliphatic heterocycles. The zero-order valence-corrected chi connectivity index (χ0v) is 54.2. The average molecular weight is 1190 g/mol. The Morgan fingerprint density at radius 3 is 2.37 bits per heavy atom. The van der Waals surface area contributed by atoms with Crippen LogP contribution in [0.15, 0.2) is 47.9 Å². The fourth-order valence-electron chi connectivity index (χ4n) is 23.6. The zero-order valence-electron chi connectivity index (χ0n) is 54.2. The van der Waals surface area contributed by atoms with Crippen LogP contribution in [0.25, 0.3) is 11.0 Å². The Morgan fingerprint density at radius 2 is 1.64 bits per heavy atom. The molecule has 16 unspecified atom stereocenters. The lowest BCUT2D eigenvalue weighted by atomic mass is 9.28. The molecule has 87 heavy (non-hydrogen) atoms. The van der Waals surface area contributed by atoms with Gasteiger partial charge in [0.05, 0.1) is 46.3 Å². The number of fused-ring (bicyclic) bond motifs is 9. The van der Waals surface area contributed by atoms with E-state index >= 15 is 14.4 Å². The summed E-state index contributed by atoms with van der Waals surface area (Å²) >= 11 is 0. The van der Waals surface area contributed by atoms with E-state index in [1.165, 1.54) is 36.1 Å². The number of aromatic nitrogens is 3. The van der Waals surface area contributed by atoms with E-state index in [1.807, 2.05) is 20.9 Å². The molecule has 7 fully saturated rings. The summed E-state index contributed by atoms with van der Waals surface area (Å²) in [5.74, 6) is -0.0129. The quantitative estimate of drug-likeness (QED) is 0.0752. The molecule has 12 nitrogen and oxygen atoms in total. The van der Waals surface area contributed by atoms with Gasteiger partial charge >= 0.3 is 0 Å². The van der Waals surface area contributed by atoms with Gasteiger partial charge in [0.1, 0.15) is 17.7 Å². The second-order valence-corrected chi connectivity index (χ2v) is 33.2. The Labute approximate surface area is 516 Å². The molecular weight excluding hydrogens is 1080 g/mol. The fourth-order valence-corrected chi connectivity index (χ4v) is 23.6. The van der Waals surface area contributed by atoms with Gasteiger partial charge in [-0.2, -0.15) is 0 Å². The molecular formula is C75H102N4O8. The fraction of sp³-hybridized carbons (Fsp3) is 0.720. The summed E-state index contributed by atoms with van der Waals surface area (Å²) < 4.78 is 14.6. The number of carbonyl (C=O) groups excluding carboxylic acids is 3. The lowest BCUT2D eigenvalue weighted by Gasteiger charge is -2.76. The van der Waals surface area contributed by atoms with Crippen molar-refractivity contribution in [3.8, 4) is 0 Å². The monoisotopic (exact) mass is 1190 g/mol. The number of aryl methyl sites for hydroxylation is 1. The average Bonchev–Trinajstić information content (AvgIpc) is 1.64. The van der Waals surface area contributed by atoms with Gasteiger partial charge in [-0.3, -0.25) is 14.4 Å².